The molecule has 1 saturated carbocycles. The Morgan fingerprint density at radius 1 is 1.24 bits per heavy atom. The zero-order chi connectivity index (χ0) is 13.3. The van der Waals surface area contributed by atoms with Crippen molar-refractivity contribution in [1.82, 2.24) is 0 Å². The highest BCUT2D eigenvalue weighted by molar-refractivity contribution is 7.94. The van der Waals surface area contributed by atoms with Gasteiger partial charge in [-0.25, -0.2) is 8.42 Å². The van der Waals surface area contributed by atoms with Gasteiger partial charge in [0.15, 0.2) is 14.6 Å². The first-order chi connectivity index (χ1) is 7.73. The third kappa shape index (κ3) is 2.63. The molecule has 0 amide bonds. The molecule has 0 aliphatic heterocycles. The first kappa shape index (κ1) is 14.4. The van der Waals surface area contributed by atoms with Crippen molar-refractivity contribution in [2.24, 2.45) is 0 Å². The lowest BCUT2D eigenvalue weighted by atomic mass is 9.97. The van der Waals surface area contributed by atoms with Crippen LogP contribution in [0, 0.1) is 0 Å². The van der Waals surface area contributed by atoms with E-state index >= 15 is 0 Å². The van der Waals surface area contributed by atoms with Crippen molar-refractivity contribution in [3.63, 3.8) is 0 Å². The second-order valence-electron chi connectivity index (χ2n) is 4.99. The van der Waals surface area contributed by atoms with Crippen molar-refractivity contribution in [3.05, 3.63) is 0 Å². The molecule has 1 aliphatic carbocycles. The number of ether oxygens (including phenoxy) is 1. The number of aliphatic carboxylic acids is 1. The van der Waals surface area contributed by atoms with Crippen molar-refractivity contribution in [2.75, 3.05) is 7.11 Å². The number of hydrogen-bond acceptors (Lipinski definition) is 4. The van der Waals surface area contributed by atoms with Crippen molar-refractivity contribution in [2.45, 2.75) is 55.6 Å². The number of methoxy groups -OCH3 is 1. The Balaban J connectivity index is 2.84. The van der Waals surface area contributed by atoms with E-state index < -0.39 is 25.8 Å². The van der Waals surface area contributed by atoms with E-state index in [0.29, 0.717) is 25.7 Å². The fourth-order valence-electron chi connectivity index (χ4n) is 2.12. The van der Waals surface area contributed by atoms with Crippen molar-refractivity contribution in [1.29, 1.82) is 0 Å². The van der Waals surface area contributed by atoms with Gasteiger partial charge in [0.2, 0.25) is 0 Å². The van der Waals surface area contributed by atoms with Crippen LogP contribution in [-0.4, -0.2) is 42.7 Å². The Bertz CT molecular complexity index is 377. The maximum Gasteiger partial charge on any atom is 0.324 e. The van der Waals surface area contributed by atoms with Gasteiger partial charge < -0.3 is 9.84 Å². The molecule has 0 aromatic heterocycles. The summed E-state index contributed by atoms with van der Waals surface area (Å²) in [4.78, 5) is 11.0. The van der Waals surface area contributed by atoms with E-state index in [-0.39, 0.29) is 6.10 Å². The molecule has 0 radical (unpaired) electrons. The minimum atomic E-state index is -3.65. The fourth-order valence-corrected chi connectivity index (χ4v) is 4.09. The maximum absolute atomic E-state index is 12.2. The van der Waals surface area contributed by atoms with E-state index in [9.17, 15) is 13.2 Å². The summed E-state index contributed by atoms with van der Waals surface area (Å²) in [6, 6.07) is 0. The Morgan fingerprint density at radius 2 is 1.71 bits per heavy atom. The van der Waals surface area contributed by atoms with Gasteiger partial charge in [0.1, 0.15) is 0 Å². The van der Waals surface area contributed by atoms with Crippen LogP contribution in [0.2, 0.25) is 0 Å². The van der Waals surface area contributed by atoms with Crippen molar-refractivity contribution in [3.8, 4) is 0 Å². The van der Waals surface area contributed by atoms with Gasteiger partial charge >= 0.3 is 5.97 Å². The first-order valence-corrected chi connectivity index (χ1v) is 7.27. The highest BCUT2D eigenvalue weighted by atomic mass is 32.2. The monoisotopic (exact) mass is 264 g/mol. The average molecular weight is 264 g/mol. The molecular weight excluding hydrogens is 244 g/mol. The highest BCUT2D eigenvalue weighted by Gasteiger charge is 2.47. The van der Waals surface area contributed by atoms with E-state index in [0.717, 1.165) is 0 Å². The fraction of sp³-hybridized carbons (Fsp3) is 0.909. The predicted octanol–water partition coefficient (Wildman–Crippen LogP) is 1.22. The summed E-state index contributed by atoms with van der Waals surface area (Å²) in [7, 11) is -2.04. The minimum absolute atomic E-state index is 0.106. The predicted molar refractivity (Wildman–Crippen MR) is 63.7 cm³/mol. The largest absolute Gasteiger partial charge is 0.480 e. The van der Waals surface area contributed by atoms with Gasteiger partial charge in [-0.2, -0.15) is 0 Å². The quantitative estimate of drug-likeness (QED) is 0.825. The zero-order valence-electron chi connectivity index (χ0n) is 10.5. The molecule has 0 atom stereocenters. The Labute approximate surface area is 102 Å². The molecule has 1 aliphatic rings. The molecule has 1 rings (SSSR count). The second-order valence-corrected chi connectivity index (χ2v) is 7.77. The van der Waals surface area contributed by atoms with Crippen LogP contribution in [0.5, 0.6) is 0 Å². The molecule has 0 unspecified atom stereocenters. The average Bonchev–Trinajstić information content (AvgIpc) is 2.28. The van der Waals surface area contributed by atoms with Gasteiger partial charge in [-0.1, -0.05) is 0 Å². The number of carbonyl (C=O) groups is 1. The van der Waals surface area contributed by atoms with Crippen LogP contribution in [0.3, 0.4) is 0 Å². The number of carboxylic acid groups (broad SMARTS) is 1. The van der Waals surface area contributed by atoms with E-state index in [2.05, 4.69) is 0 Å². The van der Waals surface area contributed by atoms with E-state index in [1.165, 1.54) is 13.8 Å². The van der Waals surface area contributed by atoms with Crippen LogP contribution in [0.15, 0.2) is 0 Å². The molecule has 0 aromatic carbocycles. The number of sulfone groups is 1. The minimum Gasteiger partial charge on any atom is -0.480 e. The maximum atomic E-state index is 12.2. The molecule has 1 N–H and O–H groups in total. The third-order valence-corrected chi connectivity index (χ3v) is 6.57. The van der Waals surface area contributed by atoms with Crippen LogP contribution < -0.4 is 0 Å². The van der Waals surface area contributed by atoms with Gasteiger partial charge in [0.25, 0.3) is 0 Å². The highest BCUT2D eigenvalue weighted by Crippen LogP contribution is 2.32. The van der Waals surface area contributed by atoms with Crippen molar-refractivity contribution < 1.29 is 23.1 Å². The van der Waals surface area contributed by atoms with Gasteiger partial charge in [0.05, 0.1) is 11.4 Å². The van der Waals surface area contributed by atoms with E-state index in [1.54, 1.807) is 7.11 Å². The van der Waals surface area contributed by atoms with E-state index in [1.807, 2.05) is 0 Å². The normalized spacial score (nSPS) is 26.8. The topological polar surface area (TPSA) is 80.7 Å². The summed E-state index contributed by atoms with van der Waals surface area (Å²) in [5.74, 6) is -1.29. The van der Waals surface area contributed by atoms with Crippen LogP contribution in [0.4, 0.5) is 0 Å². The SMILES string of the molecule is COC1CCC(S(=O)(=O)C(C)(C)C(=O)O)CC1. The van der Waals surface area contributed by atoms with Gasteiger partial charge in [-0.05, 0) is 39.5 Å². The second kappa shape index (κ2) is 4.94. The summed E-state index contributed by atoms with van der Waals surface area (Å²) in [5, 5.41) is 8.45. The molecule has 5 nitrogen and oxygen atoms in total. The molecule has 0 bridgehead atoms. The van der Waals surface area contributed by atoms with Crippen LogP contribution >= 0.6 is 0 Å². The summed E-state index contributed by atoms with van der Waals surface area (Å²) in [5.41, 5.74) is 0. The number of carboxylic acids is 1. The molecule has 100 valence electrons. The molecule has 17 heavy (non-hydrogen) atoms. The standard InChI is InChI=1S/C11H20O5S/c1-11(2,10(12)13)17(14,15)9-6-4-8(16-3)5-7-9/h8-9H,4-7H2,1-3H3,(H,12,13). The summed E-state index contributed by atoms with van der Waals surface area (Å²) < 4.78 is 27.9. The Kier molecular flexibility index (Phi) is 4.19. The molecule has 6 heteroatoms. The number of hydrogen-bond donors (Lipinski definition) is 1. The summed E-state index contributed by atoms with van der Waals surface area (Å²) in [6.45, 7) is 2.51. The first-order valence-electron chi connectivity index (χ1n) is 5.73. The zero-order valence-corrected chi connectivity index (χ0v) is 11.3. The van der Waals surface area contributed by atoms with Crippen molar-refractivity contribution >= 4 is 15.8 Å². The molecule has 0 spiro atoms. The molecule has 1 fully saturated rings. The smallest absolute Gasteiger partial charge is 0.324 e. The third-order valence-electron chi connectivity index (χ3n) is 3.62. The van der Waals surface area contributed by atoms with E-state index in [4.69, 9.17) is 9.84 Å². The lowest BCUT2D eigenvalue weighted by molar-refractivity contribution is -0.139. The molecule has 0 heterocycles. The summed E-state index contributed by atoms with van der Waals surface area (Å²) >= 11 is 0. The van der Waals surface area contributed by atoms with Crippen LogP contribution in [-0.2, 0) is 19.4 Å². The lowest BCUT2D eigenvalue weighted by Gasteiger charge is -2.31. The Morgan fingerprint density at radius 3 is 2.06 bits per heavy atom. The number of rotatable bonds is 4. The lowest BCUT2D eigenvalue weighted by Crippen LogP contribution is -2.47. The molecular formula is C11H20O5S. The Hall–Kier alpha value is -0.620. The molecule has 0 saturated heterocycles. The van der Waals surface area contributed by atoms with Gasteiger partial charge in [-0.15, -0.1) is 0 Å². The van der Waals surface area contributed by atoms with Gasteiger partial charge in [0, 0.05) is 7.11 Å². The van der Waals surface area contributed by atoms with Crippen LogP contribution in [0.25, 0.3) is 0 Å². The molecule has 0 aromatic rings. The van der Waals surface area contributed by atoms with Crippen LogP contribution in [0.1, 0.15) is 39.5 Å². The summed E-state index contributed by atoms with van der Waals surface area (Å²) in [6.07, 6.45) is 2.43. The van der Waals surface area contributed by atoms with Gasteiger partial charge in [-0.3, -0.25) is 4.79 Å².